The SMILES string of the molecule is CCOc1ccc(OCC)c(NC(=O)CSc2nnc(-c3ccc(O)cc3)n2C)c1. The third-order valence-corrected chi connectivity index (χ3v) is 5.15. The van der Waals surface area contributed by atoms with Crippen LogP contribution in [0.1, 0.15) is 13.8 Å². The van der Waals surface area contributed by atoms with Crippen LogP contribution in [-0.2, 0) is 11.8 Å². The Labute approximate surface area is 179 Å². The lowest BCUT2D eigenvalue weighted by atomic mass is 10.2. The first kappa shape index (κ1) is 21.5. The molecule has 9 heteroatoms. The maximum Gasteiger partial charge on any atom is 0.234 e. The van der Waals surface area contributed by atoms with Crippen LogP contribution in [0.25, 0.3) is 11.4 Å². The number of amides is 1. The highest BCUT2D eigenvalue weighted by Crippen LogP contribution is 2.30. The van der Waals surface area contributed by atoms with Gasteiger partial charge in [-0.15, -0.1) is 10.2 Å². The average molecular weight is 429 g/mol. The molecule has 0 saturated carbocycles. The zero-order chi connectivity index (χ0) is 21.5. The molecule has 0 unspecified atom stereocenters. The van der Waals surface area contributed by atoms with Crippen molar-refractivity contribution < 1.29 is 19.4 Å². The van der Waals surface area contributed by atoms with Gasteiger partial charge in [0.25, 0.3) is 0 Å². The number of phenolic OH excluding ortho intramolecular Hbond substituents is 1. The summed E-state index contributed by atoms with van der Waals surface area (Å²) in [4.78, 5) is 12.5. The fourth-order valence-electron chi connectivity index (χ4n) is 2.76. The van der Waals surface area contributed by atoms with Gasteiger partial charge < -0.3 is 24.5 Å². The quantitative estimate of drug-likeness (QED) is 0.501. The number of nitrogens with zero attached hydrogens (tertiary/aromatic N) is 3. The van der Waals surface area contributed by atoms with Crippen molar-refractivity contribution in [2.45, 2.75) is 19.0 Å². The molecule has 158 valence electrons. The molecule has 30 heavy (non-hydrogen) atoms. The molecule has 0 aliphatic heterocycles. The van der Waals surface area contributed by atoms with E-state index >= 15 is 0 Å². The Kier molecular flexibility index (Phi) is 7.18. The summed E-state index contributed by atoms with van der Waals surface area (Å²) in [6.45, 7) is 4.81. The highest BCUT2D eigenvalue weighted by atomic mass is 32.2. The topological polar surface area (TPSA) is 98.5 Å². The summed E-state index contributed by atoms with van der Waals surface area (Å²) in [6, 6.07) is 12.1. The van der Waals surface area contributed by atoms with Gasteiger partial charge in [0.1, 0.15) is 17.2 Å². The number of rotatable bonds is 9. The number of carbonyl (C=O) groups excluding carboxylic acids is 1. The van der Waals surface area contributed by atoms with E-state index in [1.54, 1.807) is 36.4 Å². The van der Waals surface area contributed by atoms with Crippen molar-refractivity contribution in [1.82, 2.24) is 14.8 Å². The second kappa shape index (κ2) is 10.0. The van der Waals surface area contributed by atoms with Crippen LogP contribution in [0.2, 0.25) is 0 Å². The number of aromatic nitrogens is 3. The molecule has 8 nitrogen and oxygen atoms in total. The molecule has 0 fully saturated rings. The molecule has 3 aromatic rings. The zero-order valence-corrected chi connectivity index (χ0v) is 17.9. The standard InChI is InChI=1S/C21H24N4O4S/c1-4-28-16-10-11-18(29-5-2)17(12-16)22-19(27)13-30-21-24-23-20(25(21)3)14-6-8-15(26)9-7-14/h6-12,26H,4-5,13H2,1-3H3,(H,22,27). The Morgan fingerprint density at radius 1 is 1.10 bits per heavy atom. The van der Waals surface area contributed by atoms with Crippen LogP contribution in [-0.4, -0.2) is 44.7 Å². The first-order chi connectivity index (χ1) is 14.5. The molecule has 2 N–H and O–H groups in total. The number of phenols is 1. The van der Waals surface area contributed by atoms with E-state index in [1.807, 2.05) is 31.5 Å². The number of anilines is 1. The molecule has 0 aliphatic carbocycles. The van der Waals surface area contributed by atoms with Crippen LogP contribution < -0.4 is 14.8 Å². The van der Waals surface area contributed by atoms with Crippen LogP contribution in [0.15, 0.2) is 47.6 Å². The van der Waals surface area contributed by atoms with Crippen molar-refractivity contribution in [3.8, 4) is 28.6 Å². The van der Waals surface area contributed by atoms with Crippen LogP contribution in [0.3, 0.4) is 0 Å². The molecule has 0 radical (unpaired) electrons. The molecule has 0 saturated heterocycles. The van der Waals surface area contributed by atoms with Crippen LogP contribution in [0.4, 0.5) is 5.69 Å². The number of ether oxygens (including phenoxy) is 2. The molecular weight excluding hydrogens is 404 g/mol. The van der Waals surface area contributed by atoms with E-state index in [9.17, 15) is 9.90 Å². The molecule has 3 rings (SSSR count). The molecule has 0 spiro atoms. The van der Waals surface area contributed by atoms with Gasteiger partial charge in [-0.1, -0.05) is 11.8 Å². The molecule has 2 aromatic carbocycles. The van der Waals surface area contributed by atoms with E-state index in [1.165, 1.54) is 11.8 Å². The van der Waals surface area contributed by atoms with Gasteiger partial charge in [0.2, 0.25) is 5.91 Å². The van der Waals surface area contributed by atoms with E-state index in [0.717, 1.165) is 5.56 Å². The summed E-state index contributed by atoms with van der Waals surface area (Å²) < 4.78 is 12.9. The van der Waals surface area contributed by atoms with Gasteiger partial charge in [-0.05, 0) is 50.2 Å². The lowest BCUT2D eigenvalue weighted by molar-refractivity contribution is -0.113. The molecule has 1 amide bonds. The number of benzene rings is 2. The molecular formula is C21H24N4O4S. The minimum atomic E-state index is -0.191. The van der Waals surface area contributed by atoms with Gasteiger partial charge >= 0.3 is 0 Å². The summed E-state index contributed by atoms with van der Waals surface area (Å²) in [6.07, 6.45) is 0. The fourth-order valence-corrected chi connectivity index (χ4v) is 3.47. The summed E-state index contributed by atoms with van der Waals surface area (Å²) in [7, 11) is 1.83. The minimum absolute atomic E-state index is 0.159. The molecule has 0 aliphatic rings. The number of carbonyl (C=O) groups is 1. The molecule has 1 aromatic heterocycles. The normalized spacial score (nSPS) is 10.6. The second-order valence-corrected chi connectivity index (χ2v) is 7.22. The van der Waals surface area contributed by atoms with Crippen molar-refractivity contribution in [2.24, 2.45) is 7.05 Å². The second-order valence-electron chi connectivity index (χ2n) is 6.27. The lowest BCUT2D eigenvalue weighted by Gasteiger charge is -2.13. The summed E-state index contributed by atoms with van der Waals surface area (Å²) in [5.74, 6) is 2.06. The summed E-state index contributed by atoms with van der Waals surface area (Å²) >= 11 is 1.28. The van der Waals surface area contributed by atoms with Gasteiger partial charge in [-0.2, -0.15) is 0 Å². The van der Waals surface area contributed by atoms with E-state index in [4.69, 9.17) is 9.47 Å². The zero-order valence-electron chi connectivity index (χ0n) is 17.1. The number of hydrogen-bond donors (Lipinski definition) is 2. The summed E-state index contributed by atoms with van der Waals surface area (Å²) in [5.41, 5.74) is 1.39. The molecule has 0 bridgehead atoms. The van der Waals surface area contributed by atoms with Crippen molar-refractivity contribution in [2.75, 3.05) is 24.3 Å². The third kappa shape index (κ3) is 5.24. The number of aromatic hydroxyl groups is 1. The molecule has 1 heterocycles. The predicted molar refractivity (Wildman–Crippen MR) is 116 cm³/mol. The van der Waals surface area contributed by atoms with Gasteiger partial charge in [-0.25, -0.2) is 0 Å². The van der Waals surface area contributed by atoms with Crippen LogP contribution in [0, 0.1) is 0 Å². The van der Waals surface area contributed by atoms with Crippen molar-refractivity contribution in [3.63, 3.8) is 0 Å². The smallest absolute Gasteiger partial charge is 0.234 e. The Morgan fingerprint density at radius 3 is 2.53 bits per heavy atom. The average Bonchev–Trinajstić information content (AvgIpc) is 3.10. The van der Waals surface area contributed by atoms with Crippen molar-refractivity contribution in [3.05, 3.63) is 42.5 Å². The minimum Gasteiger partial charge on any atom is -0.508 e. The summed E-state index contributed by atoms with van der Waals surface area (Å²) in [5, 5.41) is 21.3. The number of nitrogens with one attached hydrogen (secondary N) is 1. The van der Waals surface area contributed by atoms with Gasteiger partial charge in [0, 0.05) is 18.7 Å². The third-order valence-electron chi connectivity index (χ3n) is 4.13. The maximum absolute atomic E-state index is 12.5. The van der Waals surface area contributed by atoms with Crippen LogP contribution >= 0.6 is 11.8 Å². The van der Waals surface area contributed by atoms with E-state index < -0.39 is 0 Å². The van der Waals surface area contributed by atoms with Crippen molar-refractivity contribution in [1.29, 1.82) is 0 Å². The Hall–Kier alpha value is -3.20. The van der Waals surface area contributed by atoms with E-state index in [0.29, 0.717) is 41.4 Å². The number of thioether (sulfide) groups is 1. The van der Waals surface area contributed by atoms with Crippen molar-refractivity contribution >= 4 is 23.4 Å². The van der Waals surface area contributed by atoms with E-state index in [-0.39, 0.29) is 17.4 Å². The van der Waals surface area contributed by atoms with Crippen LogP contribution in [0.5, 0.6) is 17.2 Å². The Balaban J connectivity index is 1.66. The predicted octanol–water partition coefficient (Wildman–Crippen LogP) is 3.72. The molecule has 0 atom stereocenters. The first-order valence-electron chi connectivity index (χ1n) is 9.52. The van der Waals surface area contributed by atoms with Gasteiger partial charge in [-0.3, -0.25) is 4.79 Å². The lowest BCUT2D eigenvalue weighted by Crippen LogP contribution is -2.15. The first-order valence-corrected chi connectivity index (χ1v) is 10.5. The largest absolute Gasteiger partial charge is 0.508 e. The highest BCUT2D eigenvalue weighted by molar-refractivity contribution is 7.99. The van der Waals surface area contributed by atoms with E-state index in [2.05, 4.69) is 15.5 Å². The fraction of sp³-hybridized carbons (Fsp3) is 0.286. The van der Waals surface area contributed by atoms with Gasteiger partial charge in [0.05, 0.1) is 24.7 Å². The monoisotopic (exact) mass is 428 g/mol. The highest BCUT2D eigenvalue weighted by Gasteiger charge is 2.15. The Morgan fingerprint density at radius 2 is 1.83 bits per heavy atom. The number of hydrogen-bond acceptors (Lipinski definition) is 7. The Bertz CT molecular complexity index is 1000. The maximum atomic E-state index is 12.5. The van der Waals surface area contributed by atoms with Gasteiger partial charge in [0.15, 0.2) is 11.0 Å².